The first-order chi connectivity index (χ1) is 7.24. The van der Waals surface area contributed by atoms with Crippen molar-refractivity contribution in [1.82, 2.24) is 0 Å². The molecule has 4 heteroatoms. The molecule has 0 unspecified atom stereocenters. The summed E-state index contributed by atoms with van der Waals surface area (Å²) in [6.45, 7) is 3.72. The molecule has 0 aromatic carbocycles. The predicted octanol–water partition coefficient (Wildman–Crippen LogP) is 1.00. The Morgan fingerprint density at radius 2 is 2.27 bits per heavy atom. The fourth-order valence-corrected chi connectivity index (χ4v) is 1.48. The van der Waals surface area contributed by atoms with Gasteiger partial charge in [-0.1, -0.05) is 11.6 Å². The number of carbonyl (C=O) groups excluding carboxylic acids is 1. The van der Waals surface area contributed by atoms with Gasteiger partial charge in [0, 0.05) is 0 Å². The van der Waals surface area contributed by atoms with Crippen LogP contribution in [0.2, 0.25) is 0 Å². The van der Waals surface area contributed by atoms with E-state index in [1.54, 1.807) is 6.92 Å². The number of nitrogens with two attached hydrogens (primary N) is 1. The van der Waals surface area contributed by atoms with E-state index in [1.165, 1.54) is 5.57 Å². The Labute approximate surface area is 90.4 Å². The van der Waals surface area contributed by atoms with E-state index >= 15 is 0 Å². The largest absolute Gasteiger partial charge is 0.465 e. The molecule has 0 aliphatic carbocycles. The fourth-order valence-electron chi connectivity index (χ4n) is 1.48. The first-order valence-corrected chi connectivity index (χ1v) is 5.42. The fraction of sp³-hybridized carbons (Fsp3) is 0.727. The maximum atomic E-state index is 11.2. The summed E-state index contributed by atoms with van der Waals surface area (Å²) in [5, 5.41) is 0. The zero-order valence-electron chi connectivity index (χ0n) is 9.20. The van der Waals surface area contributed by atoms with Crippen molar-refractivity contribution in [3.8, 4) is 0 Å². The lowest BCUT2D eigenvalue weighted by molar-refractivity contribution is -0.144. The normalized spacial score (nSPS) is 18.4. The van der Waals surface area contributed by atoms with E-state index in [-0.39, 0.29) is 5.97 Å². The molecule has 0 radical (unpaired) electrons. The highest BCUT2D eigenvalue weighted by Gasteiger charge is 2.13. The maximum Gasteiger partial charge on any atom is 0.323 e. The van der Waals surface area contributed by atoms with Crippen LogP contribution in [0.5, 0.6) is 0 Å². The van der Waals surface area contributed by atoms with Crippen molar-refractivity contribution in [2.75, 3.05) is 19.8 Å². The number of carbonyl (C=O) groups is 1. The molecule has 0 bridgehead atoms. The van der Waals surface area contributed by atoms with Gasteiger partial charge in [-0.15, -0.1) is 0 Å². The lowest BCUT2D eigenvalue weighted by atomic mass is 10.0. The standard InChI is InChI=1S/C11H19NO3/c1-2-15-11(13)10(12)4-3-9-5-7-14-8-6-9/h3,10H,2,4-8,12H2,1H3/t10-/m0/s1. The van der Waals surface area contributed by atoms with E-state index in [0.29, 0.717) is 13.0 Å². The van der Waals surface area contributed by atoms with E-state index in [0.717, 1.165) is 26.1 Å². The molecule has 4 nitrogen and oxygen atoms in total. The average molecular weight is 213 g/mol. The molecule has 15 heavy (non-hydrogen) atoms. The smallest absolute Gasteiger partial charge is 0.323 e. The van der Waals surface area contributed by atoms with Gasteiger partial charge in [0.05, 0.1) is 19.8 Å². The molecule has 2 N–H and O–H groups in total. The van der Waals surface area contributed by atoms with Crippen molar-refractivity contribution in [2.24, 2.45) is 5.73 Å². The molecule has 0 spiro atoms. The highest BCUT2D eigenvalue weighted by molar-refractivity contribution is 5.75. The van der Waals surface area contributed by atoms with Gasteiger partial charge >= 0.3 is 5.97 Å². The van der Waals surface area contributed by atoms with Crippen LogP contribution < -0.4 is 5.73 Å². The van der Waals surface area contributed by atoms with Crippen LogP contribution in [-0.4, -0.2) is 31.8 Å². The Balaban J connectivity index is 2.30. The molecule has 0 amide bonds. The summed E-state index contributed by atoms with van der Waals surface area (Å²) in [5.41, 5.74) is 7.00. The molecule has 0 aromatic heterocycles. The topological polar surface area (TPSA) is 61.5 Å². The van der Waals surface area contributed by atoms with Crippen molar-refractivity contribution in [3.05, 3.63) is 11.6 Å². The summed E-state index contributed by atoms with van der Waals surface area (Å²) in [6, 6.07) is -0.528. The lowest BCUT2D eigenvalue weighted by Crippen LogP contribution is -2.31. The third-order valence-electron chi connectivity index (χ3n) is 2.38. The monoisotopic (exact) mass is 213 g/mol. The van der Waals surface area contributed by atoms with Crippen molar-refractivity contribution < 1.29 is 14.3 Å². The first-order valence-electron chi connectivity index (χ1n) is 5.42. The lowest BCUT2D eigenvalue weighted by Gasteiger charge is -2.15. The Bertz CT molecular complexity index is 230. The van der Waals surface area contributed by atoms with Gasteiger partial charge in [0.2, 0.25) is 0 Å². The predicted molar refractivity (Wildman–Crippen MR) is 57.4 cm³/mol. The van der Waals surface area contributed by atoms with Gasteiger partial charge in [-0.3, -0.25) is 4.79 Å². The van der Waals surface area contributed by atoms with E-state index in [1.807, 2.05) is 6.08 Å². The Morgan fingerprint density at radius 3 is 2.87 bits per heavy atom. The zero-order chi connectivity index (χ0) is 11.1. The summed E-state index contributed by atoms with van der Waals surface area (Å²) in [7, 11) is 0. The summed E-state index contributed by atoms with van der Waals surface area (Å²) in [4.78, 5) is 11.2. The second-order valence-electron chi connectivity index (χ2n) is 3.57. The zero-order valence-corrected chi connectivity index (χ0v) is 9.20. The molecule has 1 aliphatic rings. The molecular formula is C11H19NO3. The Morgan fingerprint density at radius 1 is 1.60 bits per heavy atom. The van der Waals surface area contributed by atoms with E-state index in [2.05, 4.69) is 0 Å². The molecule has 0 saturated carbocycles. The number of ether oxygens (including phenoxy) is 2. The summed E-state index contributed by atoms with van der Waals surface area (Å²) < 4.78 is 10.1. The van der Waals surface area contributed by atoms with Crippen molar-refractivity contribution >= 4 is 5.97 Å². The number of hydrogen-bond acceptors (Lipinski definition) is 4. The first kappa shape index (κ1) is 12.2. The molecule has 1 aliphatic heterocycles. The second kappa shape index (κ2) is 6.58. The average Bonchev–Trinajstić information content (AvgIpc) is 2.27. The number of esters is 1. The molecule has 1 atom stereocenters. The van der Waals surface area contributed by atoms with Gasteiger partial charge in [-0.2, -0.15) is 0 Å². The number of rotatable bonds is 4. The molecular weight excluding hydrogens is 194 g/mol. The summed E-state index contributed by atoms with van der Waals surface area (Å²) in [6.07, 6.45) is 4.52. The molecule has 1 heterocycles. The molecule has 86 valence electrons. The van der Waals surface area contributed by atoms with Gasteiger partial charge in [0.25, 0.3) is 0 Å². The van der Waals surface area contributed by atoms with Gasteiger partial charge < -0.3 is 15.2 Å². The van der Waals surface area contributed by atoms with Crippen molar-refractivity contribution in [1.29, 1.82) is 0 Å². The highest BCUT2D eigenvalue weighted by atomic mass is 16.5. The summed E-state index contributed by atoms with van der Waals surface area (Å²) in [5.74, 6) is -0.318. The third kappa shape index (κ3) is 4.44. The van der Waals surface area contributed by atoms with E-state index in [9.17, 15) is 4.79 Å². The minimum atomic E-state index is -0.528. The highest BCUT2D eigenvalue weighted by Crippen LogP contribution is 2.14. The van der Waals surface area contributed by atoms with Crippen LogP contribution in [0.15, 0.2) is 11.6 Å². The maximum absolute atomic E-state index is 11.2. The van der Waals surface area contributed by atoms with Crippen LogP contribution in [0.1, 0.15) is 26.2 Å². The van der Waals surface area contributed by atoms with E-state index in [4.69, 9.17) is 15.2 Å². The molecule has 1 rings (SSSR count). The van der Waals surface area contributed by atoms with Gasteiger partial charge in [0.1, 0.15) is 6.04 Å². The van der Waals surface area contributed by atoms with Crippen LogP contribution in [0, 0.1) is 0 Å². The Kier molecular flexibility index (Phi) is 5.36. The van der Waals surface area contributed by atoms with Crippen LogP contribution >= 0.6 is 0 Å². The molecule has 1 saturated heterocycles. The molecule has 1 fully saturated rings. The van der Waals surface area contributed by atoms with Crippen LogP contribution in [0.3, 0.4) is 0 Å². The second-order valence-corrected chi connectivity index (χ2v) is 3.57. The minimum Gasteiger partial charge on any atom is -0.465 e. The van der Waals surface area contributed by atoms with E-state index < -0.39 is 6.04 Å². The van der Waals surface area contributed by atoms with Crippen LogP contribution in [0.25, 0.3) is 0 Å². The number of hydrogen-bond donors (Lipinski definition) is 1. The third-order valence-corrected chi connectivity index (χ3v) is 2.38. The van der Waals surface area contributed by atoms with Gasteiger partial charge in [-0.25, -0.2) is 0 Å². The quantitative estimate of drug-likeness (QED) is 0.559. The van der Waals surface area contributed by atoms with Crippen LogP contribution in [-0.2, 0) is 14.3 Å². The minimum absolute atomic E-state index is 0.318. The Hall–Kier alpha value is -0.870. The molecule has 0 aromatic rings. The summed E-state index contributed by atoms with van der Waals surface area (Å²) >= 11 is 0. The van der Waals surface area contributed by atoms with Crippen molar-refractivity contribution in [2.45, 2.75) is 32.2 Å². The van der Waals surface area contributed by atoms with Gasteiger partial charge in [-0.05, 0) is 26.2 Å². The van der Waals surface area contributed by atoms with Crippen molar-refractivity contribution in [3.63, 3.8) is 0 Å². The van der Waals surface area contributed by atoms with Crippen LogP contribution in [0.4, 0.5) is 0 Å². The SMILES string of the molecule is CCOC(=O)[C@@H](N)CC=C1CCOCC1. The van der Waals surface area contributed by atoms with Gasteiger partial charge in [0.15, 0.2) is 0 Å².